The van der Waals surface area contributed by atoms with Crippen LogP contribution in [-0.4, -0.2) is 60.6 Å². The molecule has 0 aromatic heterocycles. The van der Waals surface area contributed by atoms with Crippen LogP contribution in [0.5, 0.6) is 5.75 Å². The van der Waals surface area contributed by atoms with Gasteiger partial charge < -0.3 is 10.1 Å². The Balaban J connectivity index is 1.39. The van der Waals surface area contributed by atoms with Crippen LogP contribution in [0.3, 0.4) is 0 Å². The van der Waals surface area contributed by atoms with E-state index in [2.05, 4.69) is 52.0 Å². The summed E-state index contributed by atoms with van der Waals surface area (Å²) in [6, 6.07) is 18.3. The number of benzene rings is 2. The molecule has 0 spiro atoms. The predicted octanol–water partition coefficient (Wildman–Crippen LogP) is 5.18. The smallest absolute Gasteiger partial charge is 0.251 e. The normalized spacial score (nSPS) is 24.1. The van der Waals surface area contributed by atoms with Crippen LogP contribution in [0.15, 0.2) is 61.2 Å². The van der Waals surface area contributed by atoms with Gasteiger partial charge in [-0.05, 0) is 61.1 Å². The van der Waals surface area contributed by atoms with Crippen LogP contribution in [0.2, 0.25) is 0 Å². The maximum atomic E-state index is 12.9. The molecule has 1 saturated carbocycles. The molecule has 3 fully saturated rings. The van der Waals surface area contributed by atoms with E-state index in [0.717, 1.165) is 43.8 Å². The fourth-order valence-corrected chi connectivity index (χ4v) is 6.44. The van der Waals surface area contributed by atoms with E-state index in [9.17, 15) is 4.79 Å². The third kappa shape index (κ3) is 5.31. The first-order valence-corrected chi connectivity index (χ1v) is 13.3. The molecule has 3 unspecified atom stereocenters. The van der Waals surface area contributed by atoms with Crippen molar-refractivity contribution in [3.05, 3.63) is 77.9 Å². The summed E-state index contributed by atoms with van der Waals surface area (Å²) in [5.74, 6) is 0.932. The third-order valence-electron chi connectivity index (χ3n) is 8.21. The molecule has 2 heterocycles. The zero-order valence-electron chi connectivity index (χ0n) is 21.0. The quantitative estimate of drug-likeness (QED) is 0.537. The molecule has 35 heavy (non-hydrogen) atoms. The van der Waals surface area contributed by atoms with Gasteiger partial charge in [0.25, 0.3) is 5.91 Å². The van der Waals surface area contributed by atoms with Crippen molar-refractivity contribution >= 4 is 5.91 Å². The highest BCUT2D eigenvalue weighted by atomic mass is 16.5. The minimum Gasteiger partial charge on any atom is -0.497 e. The van der Waals surface area contributed by atoms with Crippen molar-refractivity contribution in [2.45, 2.75) is 69.1 Å². The maximum Gasteiger partial charge on any atom is 0.251 e. The Morgan fingerprint density at radius 3 is 2.40 bits per heavy atom. The highest BCUT2D eigenvalue weighted by Gasteiger charge is 2.41. The fraction of sp³-hybridized carbons (Fsp3) is 0.500. The molecule has 0 radical (unpaired) electrons. The summed E-state index contributed by atoms with van der Waals surface area (Å²) < 4.78 is 5.56. The molecule has 5 heteroatoms. The summed E-state index contributed by atoms with van der Waals surface area (Å²) in [6.45, 7) is 7.02. The van der Waals surface area contributed by atoms with Gasteiger partial charge in [0, 0.05) is 43.3 Å². The summed E-state index contributed by atoms with van der Waals surface area (Å²) in [6.07, 6.45) is 10.5. The van der Waals surface area contributed by atoms with Crippen molar-refractivity contribution in [1.82, 2.24) is 15.1 Å². The number of piperazine rings is 1. The number of methoxy groups -OCH3 is 1. The number of ether oxygens (including phenoxy) is 1. The number of carbonyl (C=O) groups excluding carboxylic acids is 1. The SMILES string of the molecule is C=CCN1C2CCC1CN(C(c1ccc(C(=O)NC3CCCCC3)cc1)c1cccc(OC)c1)C2. The Morgan fingerprint density at radius 1 is 1.03 bits per heavy atom. The van der Waals surface area contributed by atoms with E-state index in [0.29, 0.717) is 18.1 Å². The molecular weight excluding hydrogens is 434 g/mol. The highest BCUT2D eigenvalue weighted by molar-refractivity contribution is 5.94. The van der Waals surface area contributed by atoms with Gasteiger partial charge in [-0.25, -0.2) is 0 Å². The van der Waals surface area contributed by atoms with Crippen molar-refractivity contribution in [1.29, 1.82) is 0 Å². The molecule has 2 aromatic carbocycles. The zero-order chi connectivity index (χ0) is 24.2. The van der Waals surface area contributed by atoms with E-state index < -0.39 is 0 Å². The predicted molar refractivity (Wildman–Crippen MR) is 141 cm³/mol. The lowest BCUT2D eigenvalue weighted by molar-refractivity contribution is 0.0582. The number of rotatable bonds is 8. The molecule has 5 rings (SSSR count). The van der Waals surface area contributed by atoms with Gasteiger partial charge in [0.05, 0.1) is 13.2 Å². The molecule has 1 amide bonds. The molecule has 2 bridgehead atoms. The third-order valence-corrected chi connectivity index (χ3v) is 8.21. The van der Waals surface area contributed by atoms with Gasteiger partial charge in [-0.1, -0.05) is 49.6 Å². The second-order valence-corrected chi connectivity index (χ2v) is 10.4. The van der Waals surface area contributed by atoms with Crippen LogP contribution in [0.1, 0.15) is 72.5 Å². The molecule has 2 saturated heterocycles. The van der Waals surface area contributed by atoms with E-state index in [4.69, 9.17) is 4.74 Å². The number of hydrogen-bond donors (Lipinski definition) is 1. The number of amides is 1. The Kier molecular flexibility index (Phi) is 7.54. The van der Waals surface area contributed by atoms with E-state index >= 15 is 0 Å². The number of likely N-dealkylation sites (tertiary alicyclic amines) is 1. The second-order valence-electron chi connectivity index (χ2n) is 10.4. The van der Waals surface area contributed by atoms with Gasteiger partial charge in [-0.3, -0.25) is 14.6 Å². The van der Waals surface area contributed by atoms with E-state index in [1.807, 2.05) is 24.3 Å². The van der Waals surface area contributed by atoms with Crippen LogP contribution in [0, 0.1) is 0 Å². The van der Waals surface area contributed by atoms with E-state index in [1.54, 1.807) is 7.11 Å². The highest BCUT2D eigenvalue weighted by Crippen LogP contribution is 2.38. The lowest BCUT2D eigenvalue weighted by Gasteiger charge is -2.44. The monoisotopic (exact) mass is 473 g/mol. The number of carbonyl (C=O) groups is 1. The van der Waals surface area contributed by atoms with Crippen LogP contribution < -0.4 is 10.1 Å². The standard InChI is InChI=1S/C30H39N3O2/c1-3-18-33-26-16-17-27(33)21-32(20-26)29(24-8-7-11-28(19-24)35-2)22-12-14-23(15-13-22)30(34)31-25-9-5-4-6-10-25/h3,7-8,11-15,19,25-27,29H,1,4-6,9-10,16-18,20-21H2,2H3,(H,31,34). The van der Waals surface area contributed by atoms with Crippen LogP contribution in [-0.2, 0) is 0 Å². The molecule has 186 valence electrons. The van der Waals surface area contributed by atoms with Crippen LogP contribution >= 0.6 is 0 Å². The van der Waals surface area contributed by atoms with E-state index in [-0.39, 0.29) is 11.9 Å². The zero-order valence-corrected chi connectivity index (χ0v) is 21.0. The Morgan fingerprint density at radius 2 is 1.74 bits per heavy atom. The summed E-state index contributed by atoms with van der Waals surface area (Å²) >= 11 is 0. The largest absolute Gasteiger partial charge is 0.497 e. The van der Waals surface area contributed by atoms with Gasteiger partial charge in [-0.15, -0.1) is 6.58 Å². The number of hydrogen-bond acceptors (Lipinski definition) is 4. The first kappa shape index (κ1) is 24.1. The maximum absolute atomic E-state index is 12.9. The Bertz CT molecular complexity index is 1000. The van der Waals surface area contributed by atoms with Gasteiger partial charge in [-0.2, -0.15) is 0 Å². The van der Waals surface area contributed by atoms with Crippen molar-refractivity contribution in [2.75, 3.05) is 26.7 Å². The first-order valence-electron chi connectivity index (χ1n) is 13.3. The van der Waals surface area contributed by atoms with E-state index in [1.165, 1.54) is 43.2 Å². The van der Waals surface area contributed by atoms with Crippen molar-refractivity contribution in [2.24, 2.45) is 0 Å². The fourth-order valence-electron chi connectivity index (χ4n) is 6.44. The average Bonchev–Trinajstić information content (AvgIpc) is 3.12. The molecule has 3 aliphatic rings. The van der Waals surface area contributed by atoms with Crippen molar-refractivity contribution in [3.8, 4) is 5.75 Å². The average molecular weight is 474 g/mol. The Labute approximate surface area is 210 Å². The topological polar surface area (TPSA) is 44.8 Å². The molecule has 3 atom stereocenters. The molecule has 1 aliphatic carbocycles. The number of nitrogens with one attached hydrogen (secondary N) is 1. The van der Waals surface area contributed by atoms with Crippen molar-refractivity contribution < 1.29 is 9.53 Å². The van der Waals surface area contributed by atoms with Gasteiger partial charge >= 0.3 is 0 Å². The van der Waals surface area contributed by atoms with Crippen LogP contribution in [0.4, 0.5) is 0 Å². The van der Waals surface area contributed by atoms with Crippen molar-refractivity contribution in [3.63, 3.8) is 0 Å². The van der Waals surface area contributed by atoms with Crippen LogP contribution in [0.25, 0.3) is 0 Å². The molecular formula is C30H39N3O2. The first-order chi connectivity index (χ1) is 17.2. The van der Waals surface area contributed by atoms with Gasteiger partial charge in [0.1, 0.15) is 5.75 Å². The summed E-state index contributed by atoms with van der Waals surface area (Å²) in [7, 11) is 1.72. The minimum absolute atomic E-state index is 0.0532. The summed E-state index contributed by atoms with van der Waals surface area (Å²) in [5, 5.41) is 3.25. The molecule has 2 aromatic rings. The minimum atomic E-state index is 0.0532. The Hall–Kier alpha value is -2.63. The van der Waals surface area contributed by atoms with Gasteiger partial charge in [0.2, 0.25) is 0 Å². The second kappa shape index (κ2) is 11.0. The van der Waals surface area contributed by atoms with Gasteiger partial charge in [0.15, 0.2) is 0 Å². The molecule has 1 N–H and O–H groups in total. The summed E-state index contributed by atoms with van der Waals surface area (Å²) in [4.78, 5) is 18.2. The molecule has 5 nitrogen and oxygen atoms in total. The lowest BCUT2D eigenvalue weighted by atomic mass is 9.93. The number of fused-ring (bicyclic) bond motifs is 2. The summed E-state index contributed by atoms with van der Waals surface area (Å²) in [5.41, 5.74) is 3.21. The lowest BCUT2D eigenvalue weighted by Crippen LogP contribution is -2.54. The molecule has 2 aliphatic heterocycles. The number of nitrogens with zero attached hydrogens (tertiary/aromatic N) is 2.